The van der Waals surface area contributed by atoms with Crippen molar-refractivity contribution in [3.8, 4) is 11.5 Å². The lowest BCUT2D eigenvalue weighted by Crippen LogP contribution is -2.18. The van der Waals surface area contributed by atoms with Gasteiger partial charge in [0.15, 0.2) is 11.5 Å². The number of methoxy groups -OCH3 is 1. The predicted molar refractivity (Wildman–Crippen MR) is 71.1 cm³/mol. The van der Waals surface area contributed by atoms with Crippen molar-refractivity contribution in [2.45, 2.75) is 39.3 Å². The Bertz CT molecular complexity index is 378. The molecule has 0 aliphatic rings. The number of halogens is 1. The number of nitrogens with two attached hydrogens (primary N) is 1. The molecule has 0 saturated heterocycles. The van der Waals surface area contributed by atoms with E-state index in [4.69, 9.17) is 26.8 Å². The topological polar surface area (TPSA) is 44.5 Å². The zero-order chi connectivity index (χ0) is 13.0. The molecule has 1 atom stereocenters. The van der Waals surface area contributed by atoms with Gasteiger partial charge in [0.2, 0.25) is 0 Å². The van der Waals surface area contributed by atoms with Crippen LogP contribution in [0.2, 0.25) is 5.02 Å². The standard InChI is InChI=1S/C13H20ClNO2/c1-8(2)17-13-11(14)6-10(5-9(3)15)7-12(13)16-4/h6-9H,5,15H2,1-4H3. The Labute approximate surface area is 108 Å². The van der Waals surface area contributed by atoms with Crippen molar-refractivity contribution in [1.29, 1.82) is 0 Å². The normalized spacial score (nSPS) is 12.6. The summed E-state index contributed by atoms with van der Waals surface area (Å²) >= 11 is 6.20. The molecule has 96 valence electrons. The van der Waals surface area contributed by atoms with Crippen LogP contribution in [0.25, 0.3) is 0 Å². The summed E-state index contributed by atoms with van der Waals surface area (Å²) < 4.78 is 10.9. The van der Waals surface area contributed by atoms with Crippen LogP contribution in [0.1, 0.15) is 26.3 Å². The van der Waals surface area contributed by atoms with Crippen LogP contribution in [0.15, 0.2) is 12.1 Å². The molecule has 0 spiro atoms. The molecule has 2 N–H and O–H groups in total. The zero-order valence-corrected chi connectivity index (χ0v) is 11.5. The van der Waals surface area contributed by atoms with Gasteiger partial charge in [-0.1, -0.05) is 11.6 Å². The van der Waals surface area contributed by atoms with Gasteiger partial charge in [0.25, 0.3) is 0 Å². The van der Waals surface area contributed by atoms with E-state index in [-0.39, 0.29) is 12.1 Å². The van der Waals surface area contributed by atoms with Crippen LogP contribution < -0.4 is 15.2 Å². The van der Waals surface area contributed by atoms with E-state index >= 15 is 0 Å². The molecule has 0 saturated carbocycles. The van der Waals surface area contributed by atoms with Gasteiger partial charge in [-0.3, -0.25) is 0 Å². The van der Waals surface area contributed by atoms with E-state index in [0.29, 0.717) is 16.5 Å². The molecule has 0 heterocycles. The van der Waals surface area contributed by atoms with Crippen LogP contribution in [0, 0.1) is 0 Å². The SMILES string of the molecule is COc1cc(CC(C)N)cc(Cl)c1OC(C)C. The molecule has 0 aliphatic heterocycles. The van der Waals surface area contributed by atoms with E-state index in [1.165, 1.54) is 0 Å². The maximum atomic E-state index is 6.20. The zero-order valence-electron chi connectivity index (χ0n) is 10.8. The first-order valence-corrected chi connectivity index (χ1v) is 6.10. The molecular formula is C13H20ClNO2. The van der Waals surface area contributed by atoms with Crippen molar-refractivity contribution in [3.63, 3.8) is 0 Å². The summed E-state index contributed by atoms with van der Waals surface area (Å²) in [5, 5.41) is 0.564. The lowest BCUT2D eigenvalue weighted by Gasteiger charge is -2.16. The molecule has 0 radical (unpaired) electrons. The molecule has 0 aromatic heterocycles. The van der Waals surface area contributed by atoms with Crippen molar-refractivity contribution in [2.75, 3.05) is 7.11 Å². The first-order valence-electron chi connectivity index (χ1n) is 5.72. The third-order valence-corrected chi connectivity index (χ3v) is 2.48. The fraction of sp³-hybridized carbons (Fsp3) is 0.538. The lowest BCUT2D eigenvalue weighted by molar-refractivity contribution is 0.230. The molecule has 1 aromatic carbocycles. The van der Waals surface area contributed by atoms with Gasteiger partial charge in [-0.25, -0.2) is 0 Å². The maximum Gasteiger partial charge on any atom is 0.180 e. The van der Waals surface area contributed by atoms with E-state index in [9.17, 15) is 0 Å². The van der Waals surface area contributed by atoms with Gasteiger partial charge in [-0.2, -0.15) is 0 Å². The van der Waals surface area contributed by atoms with Gasteiger partial charge < -0.3 is 15.2 Å². The molecule has 0 amide bonds. The molecule has 0 bridgehead atoms. The average Bonchev–Trinajstić information content (AvgIpc) is 2.20. The van der Waals surface area contributed by atoms with E-state index in [1.54, 1.807) is 7.11 Å². The second kappa shape index (κ2) is 6.12. The fourth-order valence-electron chi connectivity index (χ4n) is 1.61. The summed E-state index contributed by atoms with van der Waals surface area (Å²) in [5.74, 6) is 1.25. The Morgan fingerprint density at radius 2 is 1.94 bits per heavy atom. The Morgan fingerprint density at radius 1 is 1.29 bits per heavy atom. The number of hydrogen-bond acceptors (Lipinski definition) is 3. The number of ether oxygens (including phenoxy) is 2. The monoisotopic (exact) mass is 257 g/mol. The summed E-state index contributed by atoms with van der Waals surface area (Å²) in [6, 6.07) is 3.89. The summed E-state index contributed by atoms with van der Waals surface area (Å²) in [4.78, 5) is 0. The molecule has 3 nitrogen and oxygen atoms in total. The average molecular weight is 258 g/mol. The number of benzene rings is 1. The molecule has 1 unspecified atom stereocenters. The van der Waals surface area contributed by atoms with Gasteiger partial charge >= 0.3 is 0 Å². The highest BCUT2D eigenvalue weighted by molar-refractivity contribution is 6.32. The molecule has 4 heteroatoms. The number of rotatable bonds is 5. The van der Waals surface area contributed by atoms with Gasteiger partial charge in [0.05, 0.1) is 18.2 Å². The minimum absolute atomic E-state index is 0.0562. The Kier molecular flexibility index (Phi) is 5.09. The van der Waals surface area contributed by atoms with Crippen LogP contribution in [0.4, 0.5) is 0 Å². The van der Waals surface area contributed by atoms with Crippen LogP contribution in [0.5, 0.6) is 11.5 Å². The third-order valence-electron chi connectivity index (χ3n) is 2.20. The molecular weight excluding hydrogens is 238 g/mol. The fourth-order valence-corrected chi connectivity index (χ4v) is 1.89. The smallest absolute Gasteiger partial charge is 0.180 e. The Balaban J connectivity index is 3.07. The predicted octanol–water partition coefficient (Wildman–Crippen LogP) is 3.03. The molecule has 17 heavy (non-hydrogen) atoms. The largest absolute Gasteiger partial charge is 0.493 e. The van der Waals surface area contributed by atoms with Crippen LogP contribution in [-0.2, 0) is 6.42 Å². The molecule has 1 aromatic rings. The molecule has 0 aliphatic carbocycles. The van der Waals surface area contributed by atoms with E-state index < -0.39 is 0 Å². The summed E-state index contributed by atoms with van der Waals surface area (Å²) in [7, 11) is 1.61. The molecule has 0 fully saturated rings. The third kappa shape index (κ3) is 4.10. The van der Waals surface area contributed by atoms with E-state index in [1.807, 2.05) is 32.9 Å². The minimum Gasteiger partial charge on any atom is -0.493 e. The first-order chi connectivity index (χ1) is 7.93. The van der Waals surface area contributed by atoms with Crippen LogP contribution >= 0.6 is 11.6 Å². The summed E-state index contributed by atoms with van der Waals surface area (Å²) in [6.07, 6.45) is 0.818. The Morgan fingerprint density at radius 3 is 2.41 bits per heavy atom. The first kappa shape index (κ1) is 14.1. The van der Waals surface area contributed by atoms with E-state index in [2.05, 4.69) is 0 Å². The summed E-state index contributed by atoms with van der Waals surface area (Å²) in [6.45, 7) is 5.86. The quantitative estimate of drug-likeness (QED) is 0.882. The lowest BCUT2D eigenvalue weighted by atomic mass is 10.1. The van der Waals surface area contributed by atoms with Gasteiger partial charge in [-0.05, 0) is 44.9 Å². The van der Waals surface area contributed by atoms with Crippen molar-refractivity contribution in [2.24, 2.45) is 5.73 Å². The van der Waals surface area contributed by atoms with Crippen molar-refractivity contribution >= 4 is 11.6 Å². The van der Waals surface area contributed by atoms with Gasteiger partial charge in [0, 0.05) is 6.04 Å². The van der Waals surface area contributed by atoms with Gasteiger partial charge in [-0.15, -0.1) is 0 Å². The number of hydrogen-bond donors (Lipinski definition) is 1. The second-order valence-corrected chi connectivity index (χ2v) is 4.86. The van der Waals surface area contributed by atoms with Gasteiger partial charge in [0.1, 0.15) is 0 Å². The highest BCUT2D eigenvalue weighted by Crippen LogP contribution is 2.37. The van der Waals surface area contributed by atoms with Crippen LogP contribution in [-0.4, -0.2) is 19.3 Å². The Hall–Kier alpha value is -0.930. The summed E-state index contributed by atoms with van der Waals surface area (Å²) in [5.41, 5.74) is 6.82. The van der Waals surface area contributed by atoms with E-state index in [0.717, 1.165) is 12.0 Å². The second-order valence-electron chi connectivity index (χ2n) is 4.46. The van der Waals surface area contributed by atoms with Crippen LogP contribution in [0.3, 0.4) is 0 Å². The highest BCUT2D eigenvalue weighted by Gasteiger charge is 2.13. The van der Waals surface area contributed by atoms with Crippen molar-refractivity contribution in [1.82, 2.24) is 0 Å². The molecule has 1 rings (SSSR count). The van der Waals surface area contributed by atoms with Crippen molar-refractivity contribution in [3.05, 3.63) is 22.7 Å². The van der Waals surface area contributed by atoms with Crippen molar-refractivity contribution < 1.29 is 9.47 Å². The minimum atomic E-state index is 0.0562. The maximum absolute atomic E-state index is 6.20. The highest BCUT2D eigenvalue weighted by atomic mass is 35.5.